The van der Waals surface area contributed by atoms with Crippen LogP contribution in [-0.4, -0.2) is 49.4 Å². The van der Waals surface area contributed by atoms with Crippen LogP contribution >= 0.6 is 0 Å². The summed E-state index contributed by atoms with van der Waals surface area (Å²) in [4.78, 5) is 12.7. The molecule has 5 heteroatoms. The van der Waals surface area contributed by atoms with Gasteiger partial charge >= 0.3 is 0 Å². The van der Waals surface area contributed by atoms with E-state index in [1.165, 1.54) is 0 Å². The summed E-state index contributed by atoms with van der Waals surface area (Å²) < 4.78 is 0. The summed E-state index contributed by atoms with van der Waals surface area (Å²) in [5.41, 5.74) is 0. The van der Waals surface area contributed by atoms with Crippen molar-refractivity contribution in [1.82, 2.24) is 10.2 Å². The van der Waals surface area contributed by atoms with Crippen LogP contribution in [0.5, 0.6) is 0 Å². The third kappa shape index (κ3) is 7.01. The normalized spacial score (nSPS) is 10.9. The Bertz CT molecular complexity index is 157. The van der Waals surface area contributed by atoms with E-state index in [0.29, 0.717) is 6.54 Å². The van der Waals surface area contributed by atoms with Crippen molar-refractivity contribution < 1.29 is 10.0 Å². The van der Waals surface area contributed by atoms with Gasteiger partial charge in [-0.15, -0.1) is 0 Å². The van der Waals surface area contributed by atoms with E-state index in [1.54, 1.807) is 0 Å². The first-order valence-electron chi connectivity index (χ1n) is 3.77. The van der Waals surface area contributed by atoms with Crippen molar-refractivity contribution in [3.8, 4) is 0 Å². The third-order valence-electron chi connectivity index (χ3n) is 1.26. The van der Waals surface area contributed by atoms with Gasteiger partial charge in [0.25, 0.3) is 5.91 Å². The Hall–Kier alpha value is -1.10. The quantitative estimate of drug-likeness (QED) is 0.255. The van der Waals surface area contributed by atoms with Gasteiger partial charge in [-0.1, -0.05) is 5.16 Å². The van der Waals surface area contributed by atoms with E-state index in [-0.39, 0.29) is 5.91 Å². The van der Waals surface area contributed by atoms with E-state index in [0.717, 1.165) is 19.2 Å². The van der Waals surface area contributed by atoms with Gasteiger partial charge in [0.2, 0.25) is 0 Å². The number of oxime groups is 1. The summed E-state index contributed by atoms with van der Waals surface area (Å²) in [6.07, 6.45) is 1.73. The molecule has 0 unspecified atom stereocenters. The second-order valence-electron chi connectivity index (χ2n) is 2.69. The van der Waals surface area contributed by atoms with Gasteiger partial charge < -0.3 is 15.4 Å². The standard InChI is InChI=1S/C7H15N3O2/c1-10(2)5-3-4-8-7(11)6-9-12/h6,12H,3-5H2,1-2H3,(H,8,11). The second kappa shape index (κ2) is 6.60. The molecule has 1 amide bonds. The van der Waals surface area contributed by atoms with Gasteiger partial charge in [-0.3, -0.25) is 4.79 Å². The molecule has 0 aromatic rings. The van der Waals surface area contributed by atoms with Crippen LogP contribution in [0.25, 0.3) is 0 Å². The lowest BCUT2D eigenvalue weighted by molar-refractivity contribution is -0.114. The minimum atomic E-state index is -0.365. The maximum Gasteiger partial charge on any atom is 0.265 e. The lowest BCUT2D eigenvalue weighted by Gasteiger charge is -2.08. The van der Waals surface area contributed by atoms with Gasteiger partial charge in [-0.25, -0.2) is 0 Å². The molecule has 0 spiro atoms. The first-order chi connectivity index (χ1) is 5.66. The van der Waals surface area contributed by atoms with E-state index in [2.05, 4.69) is 10.5 Å². The molecule has 0 rings (SSSR count). The van der Waals surface area contributed by atoms with Gasteiger partial charge in [0.15, 0.2) is 0 Å². The summed E-state index contributed by atoms with van der Waals surface area (Å²) >= 11 is 0. The lowest BCUT2D eigenvalue weighted by Crippen LogP contribution is -2.27. The molecule has 0 aromatic heterocycles. The Balaban J connectivity index is 3.25. The van der Waals surface area contributed by atoms with Crippen LogP contribution in [0.4, 0.5) is 0 Å². The highest BCUT2D eigenvalue weighted by Crippen LogP contribution is 1.79. The molecular formula is C7H15N3O2. The number of carbonyl (C=O) groups excluding carboxylic acids is 1. The van der Waals surface area contributed by atoms with E-state index in [9.17, 15) is 4.79 Å². The second-order valence-corrected chi connectivity index (χ2v) is 2.69. The number of nitrogens with one attached hydrogen (secondary N) is 1. The van der Waals surface area contributed by atoms with Gasteiger partial charge in [-0.2, -0.15) is 0 Å². The van der Waals surface area contributed by atoms with Gasteiger partial charge in [0, 0.05) is 6.54 Å². The zero-order valence-corrected chi connectivity index (χ0v) is 7.45. The fourth-order valence-electron chi connectivity index (χ4n) is 0.705. The molecule has 0 atom stereocenters. The molecule has 0 radical (unpaired) electrons. The van der Waals surface area contributed by atoms with Crippen LogP contribution in [0.3, 0.4) is 0 Å². The molecule has 0 heterocycles. The number of amides is 1. The van der Waals surface area contributed by atoms with Crippen LogP contribution in [-0.2, 0) is 4.79 Å². The molecule has 0 aliphatic heterocycles. The van der Waals surface area contributed by atoms with E-state index in [1.807, 2.05) is 19.0 Å². The highest BCUT2D eigenvalue weighted by atomic mass is 16.4. The summed E-state index contributed by atoms with van der Waals surface area (Å²) in [6.45, 7) is 1.53. The zero-order valence-electron chi connectivity index (χ0n) is 7.45. The van der Waals surface area contributed by atoms with Crippen molar-refractivity contribution in [3.63, 3.8) is 0 Å². The Morgan fingerprint density at radius 1 is 1.67 bits per heavy atom. The molecule has 0 bridgehead atoms. The largest absolute Gasteiger partial charge is 0.411 e. The van der Waals surface area contributed by atoms with Crippen molar-refractivity contribution in [1.29, 1.82) is 0 Å². The molecule has 0 aliphatic rings. The van der Waals surface area contributed by atoms with Crippen LogP contribution in [0.15, 0.2) is 5.16 Å². The summed E-state index contributed by atoms with van der Waals surface area (Å²) in [5.74, 6) is -0.365. The molecule has 0 saturated heterocycles. The lowest BCUT2D eigenvalue weighted by atomic mass is 10.4. The Morgan fingerprint density at radius 2 is 2.33 bits per heavy atom. The molecule has 12 heavy (non-hydrogen) atoms. The summed E-state index contributed by atoms with van der Waals surface area (Å²) in [5, 5.41) is 13.1. The molecule has 5 nitrogen and oxygen atoms in total. The molecular weight excluding hydrogens is 158 g/mol. The minimum Gasteiger partial charge on any atom is -0.411 e. The zero-order chi connectivity index (χ0) is 9.40. The molecule has 0 aliphatic carbocycles. The topological polar surface area (TPSA) is 64.9 Å². The number of carbonyl (C=O) groups is 1. The van der Waals surface area contributed by atoms with E-state index in [4.69, 9.17) is 5.21 Å². The van der Waals surface area contributed by atoms with Crippen LogP contribution < -0.4 is 5.32 Å². The average Bonchev–Trinajstić information content (AvgIpc) is 1.98. The van der Waals surface area contributed by atoms with Crippen molar-refractivity contribution in [3.05, 3.63) is 0 Å². The fourth-order valence-corrected chi connectivity index (χ4v) is 0.705. The highest BCUT2D eigenvalue weighted by molar-refractivity contribution is 6.25. The van der Waals surface area contributed by atoms with Crippen LogP contribution in [0.1, 0.15) is 6.42 Å². The van der Waals surface area contributed by atoms with E-state index >= 15 is 0 Å². The molecule has 0 aromatic carbocycles. The monoisotopic (exact) mass is 173 g/mol. The maximum absolute atomic E-state index is 10.7. The van der Waals surface area contributed by atoms with Crippen molar-refractivity contribution in [2.75, 3.05) is 27.2 Å². The van der Waals surface area contributed by atoms with Crippen molar-refractivity contribution in [2.45, 2.75) is 6.42 Å². The van der Waals surface area contributed by atoms with E-state index < -0.39 is 0 Å². The highest BCUT2D eigenvalue weighted by Gasteiger charge is 1.95. The first kappa shape index (κ1) is 10.9. The molecule has 70 valence electrons. The molecule has 0 fully saturated rings. The molecule has 2 N–H and O–H groups in total. The third-order valence-corrected chi connectivity index (χ3v) is 1.26. The predicted molar refractivity (Wildman–Crippen MR) is 46.5 cm³/mol. The number of hydrogen-bond donors (Lipinski definition) is 2. The average molecular weight is 173 g/mol. The predicted octanol–water partition coefficient (Wildman–Crippen LogP) is -0.486. The Kier molecular flexibility index (Phi) is 6.00. The SMILES string of the molecule is CN(C)CCCNC(=O)C=NO. The van der Waals surface area contributed by atoms with Crippen LogP contribution in [0, 0.1) is 0 Å². The van der Waals surface area contributed by atoms with Crippen LogP contribution in [0.2, 0.25) is 0 Å². The maximum atomic E-state index is 10.7. The Morgan fingerprint density at radius 3 is 2.83 bits per heavy atom. The van der Waals surface area contributed by atoms with Gasteiger partial charge in [-0.05, 0) is 27.1 Å². The van der Waals surface area contributed by atoms with Crippen molar-refractivity contribution >= 4 is 12.1 Å². The van der Waals surface area contributed by atoms with Gasteiger partial charge in [0.05, 0.1) is 0 Å². The minimum absolute atomic E-state index is 0.365. The first-order valence-corrected chi connectivity index (χ1v) is 3.77. The fraction of sp³-hybridized carbons (Fsp3) is 0.714. The summed E-state index contributed by atoms with van der Waals surface area (Å²) in [6, 6.07) is 0. The smallest absolute Gasteiger partial charge is 0.265 e. The number of rotatable bonds is 5. The summed E-state index contributed by atoms with van der Waals surface area (Å²) in [7, 11) is 3.94. The van der Waals surface area contributed by atoms with Gasteiger partial charge in [0.1, 0.15) is 6.21 Å². The molecule has 0 saturated carbocycles. The Labute approximate surface area is 72.0 Å². The number of nitrogens with zero attached hydrogens (tertiary/aromatic N) is 2. The number of hydrogen-bond acceptors (Lipinski definition) is 4. The van der Waals surface area contributed by atoms with Crippen molar-refractivity contribution in [2.24, 2.45) is 5.16 Å².